The maximum atomic E-state index is 12.2. The number of nitrogens with one attached hydrogen (secondary N) is 2. The summed E-state index contributed by atoms with van der Waals surface area (Å²) in [7, 11) is 0. The predicted molar refractivity (Wildman–Crippen MR) is 95.5 cm³/mol. The van der Waals surface area contributed by atoms with Crippen LogP contribution < -0.4 is 5.56 Å². The minimum atomic E-state index is -0.138. The number of aromatic nitrogens is 5. The molecule has 0 amide bonds. The zero-order chi connectivity index (χ0) is 16.7. The van der Waals surface area contributed by atoms with Crippen LogP contribution >= 0.6 is 23.4 Å². The van der Waals surface area contributed by atoms with Gasteiger partial charge in [-0.05, 0) is 25.1 Å². The van der Waals surface area contributed by atoms with Gasteiger partial charge in [-0.1, -0.05) is 35.5 Å². The van der Waals surface area contributed by atoms with Gasteiger partial charge in [-0.2, -0.15) is 0 Å². The van der Waals surface area contributed by atoms with Crippen LogP contribution in [0.25, 0.3) is 22.1 Å². The number of imidazole rings is 1. The van der Waals surface area contributed by atoms with E-state index in [9.17, 15) is 4.79 Å². The summed E-state index contributed by atoms with van der Waals surface area (Å²) in [6.07, 6.45) is 1.56. The monoisotopic (exact) mass is 357 g/mol. The molecular weight excluding hydrogens is 346 g/mol. The molecule has 3 heterocycles. The summed E-state index contributed by atoms with van der Waals surface area (Å²) in [5.74, 6) is 0.607. The lowest BCUT2D eigenvalue weighted by molar-refractivity contribution is 0.914. The Hall–Kier alpha value is -2.38. The maximum Gasteiger partial charge on any atom is 0.258 e. The molecule has 0 saturated heterocycles. The van der Waals surface area contributed by atoms with Crippen molar-refractivity contribution < 1.29 is 0 Å². The predicted octanol–water partition coefficient (Wildman–Crippen LogP) is 3.70. The third kappa shape index (κ3) is 2.76. The van der Waals surface area contributed by atoms with E-state index < -0.39 is 0 Å². The van der Waals surface area contributed by atoms with Crippen molar-refractivity contribution in [1.29, 1.82) is 0 Å². The summed E-state index contributed by atoms with van der Waals surface area (Å²) < 4.78 is 0. The average molecular weight is 358 g/mol. The standard InChI is InChI=1S/C16H12ClN5OS/c1-8(13-19-11-5-3-2-4-10(11)15(23)21-13)24-16-20-12-6-9(17)7-18-14(12)22-16/h2-8H,1H3,(H,18,20,22)(H,19,21,23)/t8-/m0/s1. The van der Waals surface area contributed by atoms with E-state index in [1.165, 1.54) is 11.8 Å². The number of hydrogen-bond donors (Lipinski definition) is 2. The Bertz CT molecular complexity index is 1110. The van der Waals surface area contributed by atoms with E-state index in [0.717, 1.165) is 5.52 Å². The van der Waals surface area contributed by atoms with Crippen molar-refractivity contribution in [3.8, 4) is 0 Å². The molecule has 2 N–H and O–H groups in total. The molecule has 3 aromatic heterocycles. The van der Waals surface area contributed by atoms with Crippen molar-refractivity contribution in [2.24, 2.45) is 0 Å². The van der Waals surface area contributed by atoms with Gasteiger partial charge in [-0.15, -0.1) is 0 Å². The van der Waals surface area contributed by atoms with Crippen LogP contribution in [0.2, 0.25) is 5.02 Å². The number of H-pyrrole nitrogens is 2. The topological polar surface area (TPSA) is 87.3 Å². The van der Waals surface area contributed by atoms with Crippen LogP contribution in [-0.2, 0) is 0 Å². The molecule has 4 aromatic rings. The number of thioether (sulfide) groups is 1. The largest absolute Gasteiger partial charge is 0.331 e. The highest BCUT2D eigenvalue weighted by Gasteiger charge is 2.15. The van der Waals surface area contributed by atoms with Crippen LogP contribution in [0.1, 0.15) is 18.0 Å². The molecule has 0 bridgehead atoms. The summed E-state index contributed by atoms with van der Waals surface area (Å²) in [5.41, 5.74) is 1.93. The Morgan fingerprint density at radius 2 is 2.04 bits per heavy atom. The Morgan fingerprint density at radius 3 is 2.92 bits per heavy atom. The van der Waals surface area contributed by atoms with Crippen molar-refractivity contribution in [1.82, 2.24) is 24.9 Å². The van der Waals surface area contributed by atoms with E-state index in [-0.39, 0.29) is 10.8 Å². The first-order valence-corrected chi connectivity index (χ1v) is 8.53. The quantitative estimate of drug-likeness (QED) is 0.546. The van der Waals surface area contributed by atoms with Gasteiger partial charge in [0.2, 0.25) is 0 Å². The normalized spacial score (nSPS) is 12.8. The number of halogens is 1. The number of hydrogen-bond acceptors (Lipinski definition) is 5. The fourth-order valence-corrected chi connectivity index (χ4v) is 3.45. The number of para-hydroxylation sites is 1. The Labute approximate surface area is 145 Å². The molecule has 1 aromatic carbocycles. The molecule has 24 heavy (non-hydrogen) atoms. The molecule has 6 nitrogen and oxygen atoms in total. The second-order valence-electron chi connectivity index (χ2n) is 5.30. The van der Waals surface area contributed by atoms with Crippen LogP contribution in [0.15, 0.2) is 46.5 Å². The molecule has 0 aliphatic rings. The number of aromatic amines is 2. The van der Waals surface area contributed by atoms with Crippen molar-refractivity contribution in [2.75, 3.05) is 0 Å². The first-order chi connectivity index (χ1) is 11.6. The van der Waals surface area contributed by atoms with Gasteiger partial charge < -0.3 is 9.97 Å². The maximum absolute atomic E-state index is 12.2. The smallest absolute Gasteiger partial charge is 0.258 e. The third-order valence-electron chi connectivity index (χ3n) is 3.59. The van der Waals surface area contributed by atoms with Gasteiger partial charge in [0.05, 0.1) is 26.7 Å². The Kier molecular flexibility index (Phi) is 3.74. The highest BCUT2D eigenvalue weighted by Crippen LogP contribution is 2.32. The summed E-state index contributed by atoms with van der Waals surface area (Å²) in [5, 5.41) is 1.75. The van der Waals surface area contributed by atoms with E-state index in [1.807, 2.05) is 25.1 Å². The SMILES string of the molecule is C[C@H](Sc1nc2ncc(Cl)cc2[nH]1)c1nc2ccccc2c(=O)[nH]1. The summed E-state index contributed by atoms with van der Waals surface area (Å²) >= 11 is 7.40. The van der Waals surface area contributed by atoms with Crippen LogP contribution in [0.5, 0.6) is 0 Å². The summed E-state index contributed by atoms with van der Waals surface area (Å²) in [6, 6.07) is 9.06. The average Bonchev–Trinajstić information content (AvgIpc) is 2.96. The molecular formula is C16H12ClN5OS. The molecule has 4 rings (SSSR count). The Balaban J connectivity index is 1.67. The molecule has 0 unspecified atom stereocenters. The molecule has 0 aliphatic heterocycles. The molecule has 0 radical (unpaired) electrons. The van der Waals surface area contributed by atoms with Crippen molar-refractivity contribution >= 4 is 45.4 Å². The highest BCUT2D eigenvalue weighted by atomic mass is 35.5. The third-order valence-corrected chi connectivity index (χ3v) is 4.79. The van der Waals surface area contributed by atoms with Gasteiger partial charge in [0.15, 0.2) is 10.8 Å². The molecule has 120 valence electrons. The lowest BCUT2D eigenvalue weighted by atomic mass is 10.2. The minimum Gasteiger partial charge on any atom is -0.331 e. The first kappa shape index (κ1) is 15.2. The van der Waals surface area contributed by atoms with Crippen LogP contribution in [0.4, 0.5) is 0 Å². The fourth-order valence-electron chi connectivity index (χ4n) is 2.43. The van der Waals surface area contributed by atoms with Crippen molar-refractivity contribution in [3.63, 3.8) is 0 Å². The molecule has 1 atom stereocenters. The van der Waals surface area contributed by atoms with Crippen molar-refractivity contribution in [3.05, 3.63) is 57.7 Å². The van der Waals surface area contributed by atoms with E-state index in [1.54, 1.807) is 18.3 Å². The molecule has 8 heteroatoms. The second kappa shape index (κ2) is 5.92. The van der Waals surface area contributed by atoms with Gasteiger partial charge in [0, 0.05) is 6.20 Å². The van der Waals surface area contributed by atoms with Crippen molar-refractivity contribution in [2.45, 2.75) is 17.3 Å². The summed E-state index contributed by atoms with van der Waals surface area (Å²) in [4.78, 5) is 31.3. The van der Waals surface area contributed by atoms with E-state index in [2.05, 4.69) is 24.9 Å². The Morgan fingerprint density at radius 1 is 1.21 bits per heavy atom. The zero-order valence-electron chi connectivity index (χ0n) is 12.6. The van der Waals surface area contributed by atoms with E-state index in [0.29, 0.717) is 32.6 Å². The molecule has 0 saturated carbocycles. The summed E-state index contributed by atoms with van der Waals surface area (Å²) in [6.45, 7) is 1.96. The van der Waals surface area contributed by atoms with Crippen LogP contribution in [-0.4, -0.2) is 24.9 Å². The molecule has 0 spiro atoms. The van der Waals surface area contributed by atoms with E-state index in [4.69, 9.17) is 11.6 Å². The van der Waals surface area contributed by atoms with Crippen LogP contribution in [0, 0.1) is 0 Å². The number of benzene rings is 1. The number of fused-ring (bicyclic) bond motifs is 2. The number of pyridine rings is 1. The van der Waals surface area contributed by atoms with Gasteiger partial charge in [-0.3, -0.25) is 4.79 Å². The van der Waals surface area contributed by atoms with Gasteiger partial charge in [0.25, 0.3) is 5.56 Å². The lowest BCUT2D eigenvalue weighted by Gasteiger charge is -2.09. The van der Waals surface area contributed by atoms with Gasteiger partial charge in [0.1, 0.15) is 5.82 Å². The highest BCUT2D eigenvalue weighted by molar-refractivity contribution is 7.99. The van der Waals surface area contributed by atoms with Gasteiger partial charge >= 0.3 is 0 Å². The van der Waals surface area contributed by atoms with Gasteiger partial charge in [-0.25, -0.2) is 15.0 Å². The molecule has 0 fully saturated rings. The number of nitrogens with zero attached hydrogens (tertiary/aromatic N) is 3. The lowest BCUT2D eigenvalue weighted by Crippen LogP contribution is -2.12. The zero-order valence-corrected chi connectivity index (χ0v) is 14.1. The minimum absolute atomic E-state index is 0.0849. The fraction of sp³-hybridized carbons (Fsp3) is 0.125. The number of rotatable bonds is 3. The van der Waals surface area contributed by atoms with E-state index >= 15 is 0 Å². The first-order valence-electron chi connectivity index (χ1n) is 7.27. The second-order valence-corrected chi connectivity index (χ2v) is 7.06. The molecule has 0 aliphatic carbocycles. The van der Waals surface area contributed by atoms with Crippen LogP contribution in [0.3, 0.4) is 0 Å².